The van der Waals surface area contributed by atoms with Gasteiger partial charge in [-0.05, 0) is 17.7 Å². The van der Waals surface area contributed by atoms with Gasteiger partial charge in [-0.2, -0.15) is 5.10 Å². The van der Waals surface area contributed by atoms with E-state index in [1.807, 2.05) is 42.8 Å². The standard InChI is InChI=1S/C14H18BrN3O/c1-3-13-16-14(4-2)18(17-13)9-12(19)10-5-7-11(15)8-6-10/h5-8,12,19H,3-4,9H2,1-2H3/t12-/m0/s1. The van der Waals surface area contributed by atoms with Gasteiger partial charge in [-0.25, -0.2) is 9.67 Å². The molecule has 5 heteroatoms. The third-order valence-corrected chi connectivity index (χ3v) is 3.55. The molecule has 0 unspecified atom stereocenters. The second kappa shape index (κ2) is 6.30. The van der Waals surface area contributed by atoms with E-state index in [-0.39, 0.29) is 0 Å². The van der Waals surface area contributed by atoms with E-state index >= 15 is 0 Å². The molecule has 1 aromatic heterocycles. The lowest BCUT2D eigenvalue weighted by atomic mass is 10.1. The van der Waals surface area contributed by atoms with Gasteiger partial charge >= 0.3 is 0 Å². The van der Waals surface area contributed by atoms with Gasteiger partial charge < -0.3 is 5.11 Å². The van der Waals surface area contributed by atoms with E-state index in [9.17, 15) is 5.11 Å². The molecule has 0 aliphatic heterocycles. The van der Waals surface area contributed by atoms with Crippen LogP contribution in [0.15, 0.2) is 28.7 Å². The first-order valence-electron chi connectivity index (χ1n) is 6.50. The molecule has 0 spiro atoms. The summed E-state index contributed by atoms with van der Waals surface area (Å²) in [5.74, 6) is 1.76. The molecule has 0 fully saturated rings. The lowest BCUT2D eigenvalue weighted by molar-refractivity contribution is 0.150. The van der Waals surface area contributed by atoms with Gasteiger partial charge in [0.15, 0.2) is 5.82 Å². The molecule has 1 heterocycles. The third-order valence-electron chi connectivity index (χ3n) is 3.03. The van der Waals surface area contributed by atoms with Crippen LogP contribution in [0, 0.1) is 0 Å². The molecule has 1 N–H and O–H groups in total. The molecule has 0 aliphatic rings. The van der Waals surface area contributed by atoms with Gasteiger partial charge in [0.2, 0.25) is 0 Å². The predicted octanol–water partition coefficient (Wildman–Crippen LogP) is 2.90. The Balaban J connectivity index is 2.15. The molecule has 1 aromatic carbocycles. The summed E-state index contributed by atoms with van der Waals surface area (Å²) < 4.78 is 2.82. The SMILES string of the molecule is CCc1nc(CC)n(C[C@H](O)c2ccc(Br)cc2)n1. The second-order valence-electron chi connectivity index (χ2n) is 4.40. The van der Waals surface area contributed by atoms with Crippen molar-refractivity contribution in [2.75, 3.05) is 0 Å². The van der Waals surface area contributed by atoms with E-state index in [4.69, 9.17) is 0 Å². The highest BCUT2D eigenvalue weighted by Gasteiger charge is 2.13. The predicted molar refractivity (Wildman–Crippen MR) is 77.9 cm³/mol. The molecule has 1 atom stereocenters. The van der Waals surface area contributed by atoms with E-state index < -0.39 is 6.10 Å². The first kappa shape index (κ1) is 14.2. The van der Waals surface area contributed by atoms with Crippen molar-refractivity contribution in [3.8, 4) is 0 Å². The zero-order valence-electron chi connectivity index (χ0n) is 11.2. The van der Waals surface area contributed by atoms with Crippen LogP contribution in [0.1, 0.15) is 37.2 Å². The number of aliphatic hydroxyl groups excluding tert-OH is 1. The molecular formula is C14H18BrN3O. The Bertz CT molecular complexity index is 536. The summed E-state index contributed by atoms with van der Waals surface area (Å²) in [6, 6.07) is 7.69. The van der Waals surface area contributed by atoms with E-state index in [1.54, 1.807) is 0 Å². The monoisotopic (exact) mass is 323 g/mol. The van der Waals surface area contributed by atoms with Crippen LogP contribution in [0.3, 0.4) is 0 Å². The van der Waals surface area contributed by atoms with Crippen molar-refractivity contribution < 1.29 is 5.11 Å². The molecule has 0 saturated carbocycles. The van der Waals surface area contributed by atoms with Gasteiger partial charge in [0.1, 0.15) is 5.82 Å². The van der Waals surface area contributed by atoms with Crippen molar-refractivity contribution in [3.63, 3.8) is 0 Å². The van der Waals surface area contributed by atoms with Crippen LogP contribution in [0.4, 0.5) is 0 Å². The van der Waals surface area contributed by atoms with Crippen molar-refractivity contribution in [1.82, 2.24) is 14.8 Å². The maximum Gasteiger partial charge on any atom is 0.150 e. The number of rotatable bonds is 5. The first-order valence-corrected chi connectivity index (χ1v) is 7.29. The number of benzene rings is 1. The highest BCUT2D eigenvalue weighted by atomic mass is 79.9. The summed E-state index contributed by atoms with van der Waals surface area (Å²) in [5, 5.41) is 14.7. The van der Waals surface area contributed by atoms with Gasteiger partial charge in [-0.15, -0.1) is 0 Å². The van der Waals surface area contributed by atoms with Gasteiger partial charge in [-0.3, -0.25) is 0 Å². The molecule has 0 saturated heterocycles. The number of halogens is 1. The summed E-state index contributed by atoms with van der Waals surface area (Å²) >= 11 is 3.39. The van der Waals surface area contributed by atoms with Gasteiger partial charge in [0.05, 0.1) is 12.6 Å². The smallest absolute Gasteiger partial charge is 0.150 e. The third kappa shape index (κ3) is 3.42. The lowest BCUT2D eigenvalue weighted by Gasteiger charge is -2.12. The van der Waals surface area contributed by atoms with Crippen LogP contribution in [0.2, 0.25) is 0 Å². The van der Waals surface area contributed by atoms with Crippen LogP contribution >= 0.6 is 15.9 Å². The molecule has 0 radical (unpaired) electrons. The Morgan fingerprint density at radius 3 is 2.47 bits per heavy atom. The summed E-state index contributed by atoms with van der Waals surface area (Å²) in [7, 11) is 0. The topological polar surface area (TPSA) is 50.9 Å². The molecule has 2 aromatic rings. The van der Waals surface area contributed by atoms with Crippen LogP contribution in [-0.2, 0) is 19.4 Å². The molecule has 0 amide bonds. The van der Waals surface area contributed by atoms with Crippen LogP contribution in [-0.4, -0.2) is 19.9 Å². The van der Waals surface area contributed by atoms with Crippen molar-refractivity contribution in [3.05, 3.63) is 46.0 Å². The summed E-state index contributed by atoms with van der Waals surface area (Å²) in [5.41, 5.74) is 0.888. The van der Waals surface area contributed by atoms with E-state index in [0.29, 0.717) is 6.54 Å². The molecule has 19 heavy (non-hydrogen) atoms. The fourth-order valence-electron chi connectivity index (χ4n) is 1.94. The number of hydrogen-bond acceptors (Lipinski definition) is 3. The highest BCUT2D eigenvalue weighted by Crippen LogP contribution is 2.18. The Hall–Kier alpha value is -1.20. The van der Waals surface area contributed by atoms with E-state index in [2.05, 4.69) is 26.0 Å². The number of aromatic nitrogens is 3. The number of aryl methyl sites for hydroxylation is 2. The average molecular weight is 324 g/mol. The van der Waals surface area contributed by atoms with Gasteiger partial charge in [0.25, 0.3) is 0 Å². The lowest BCUT2D eigenvalue weighted by Crippen LogP contribution is -2.12. The number of nitrogens with zero attached hydrogens (tertiary/aromatic N) is 3. The maximum atomic E-state index is 10.3. The molecule has 0 bridgehead atoms. The quantitative estimate of drug-likeness (QED) is 0.920. The highest BCUT2D eigenvalue weighted by molar-refractivity contribution is 9.10. The minimum absolute atomic E-state index is 0.442. The Labute approximate surface area is 121 Å². The fraction of sp³-hybridized carbons (Fsp3) is 0.429. The van der Waals surface area contributed by atoms with Crippen LogP contribution in [0.5, 0.6) is 0 Å². The Kier molecular flexibility index (Phi) is 4.71. The van der Waals surface area contributed by atoms with Crippen LogP contribution < -0.4 is 0 Å². The van der Waals surface area contributed by atoms with E-state index in [1.165, 1.54) is 0 Å². The number of hydrogen-bond donors (Lipinski definition) is 1. The minimum atomic E-state index is -0.565. The fourth-order valence-corrected chi connectivity index (χ4v) is 2.20. The molecule has 102 valence electrons. The molecule has 0 aliphatic carbocycles. The molecule has 2 rings (SSSR count). The zero-order valence-corrected chi connectivity index (χ0v) is 12.8. The Morgan fingerprint density at radius 2 is 1.89 bits per heavy atom. The minimum Gasteiger partial charge on any atom is -0.386 e. The zero-order chi connectivity index (χ0) is 13.8. The molecule has 4 nitrogen and oxygen atoms in total. The summed E-state index contributed by atoms with van der Waals surface area (Å²) in [6.07, 6.45) is 1.07. The summed E-state index contributed by atoms with van der Waals surface area (Å²) in [6.45, 7) is 4.52. The van der Waals surface area contributed by atoms with Gasteiger partial charge in [0, 0.05) is 17.3 Å². The summed E-state index contributed by atoms with van der Waals surface area (Å²) in [4.78, 5) is 4.44. The maximum absolute atomic E-state index is 10.3. The normalized spacial score (nSPS) is 12.6. The van der Waals surface area contributed by atoms with E-state index in [0.717, 1.165) is 34.5 Å². The molecular weight excluding hydrogens is 306 g/mol. The second-order valence-corrected chi connectivity index (χ2v) is 5.32. The van der Waals surface area contributed by atoms with Gasteiger partial charge in [-0.1, -0.05) is 41.9 Å². The number of aliphatic hydroxyl groups is 1. The average Bonchev–Trinajstić information content (AvgIpc) is 2.81. The van der Waals surface area contributed by atoms with Crippen molar-refractivity contribution in [2.45, 2.75) is 39.3 Å². The Morgan fingerprint density at radius 1 is 1.21 bits per heavy atom. The van der Waals surface area contributed by atoms with Crippen LogP contribution in [0.25, 0.3) is 0 Å². The first-order chi connectivity index (χ1) is 9.13. The largest absolute Gasteiger partial charge is 0.386 e. The van der Waals surface area contributed by atoms with Crippen molar-refractivity contribution in [2.24, 2.45) is 0 Å². The van der Waals surface area contributed by atoms with Crippen molar-refractivity contribution >= 4 is 15.9 Å². The van der Waals surface area contributed by atoms with Crippen molar-refractivity contribution in [1.29, 1.82) is 0 Å².